The quantitative estimate of drug-likeness (QED) is 0.529. The van der Waals surface area contributed by atoms with E-state index in [0.717, 1.165) is 34.5 Å². The number of aliphatic imine (C=N–C) groups is 1. The van der Waals surface area contributed by atoms with E-state index < -0.39 is 0 Å². The zero-order valence-electron chi connectivity index (χ0n) is 14.5. The maximum atomic E-state index is 6.01. The number of aryl methyl sites for hydroxylation is 2. The molecule has 132 valence electrons. The molecule has 6 nitrogen and oxygen atoms in total. The highest BCUT2D eigenvalue weighted by Crippen LogP contribution is 2.16. The van der Waals surface area contributed by atoms with Crippen molar-refractivity contribution in [2.45, 2.75) is 33.9 Å². The van der Waals surface area contributed by atoms with Gasteiger partial charge in [-0.2, -0.15) is 0 Å². The number of nitrogens with zero attached hydrogens (tertiary/aromatic N) is 4. The molecule has 0 spiro atoms. The number of guanidine groups is 1. The highest BCUT2D eigenvalue weighted by atomic mass is 35.5. The summed E-state index contributed by atoms with van der Waals surface area (Å²) in [6.45, 7) is 8.11. The molecule has 0 aromatic carbocycles. The second kappa shape index (κ2) is 7.84. The molecule has 3 aromatic rings. The zero-order chi connectivity index (χ0) is 17.8. The molecule has 0 saturated carbocycles. The molecular formula is C17H21ClN6S. The van der Waals surface area contributed by atoms with Crippen molar-refractivity contribution in [2.75, 3.05) is 6.54 Å². The van der Waals surface area contributed by atoms with Crippen LogP contribution >= 0.6 is 22.9 Å². The Balaban J connectivity index is 1.67. The van der Waals surface area contributed by atoms with Gasteiger partial charge < -0.3 is 15.0 Å². The lowest BCUT2D eigenvalue weighted by Crippen LogP contribution is -2.36. The molecule has 0 radical (unpaired) electrons. The van der Waals surface area contributed by atoms with Crippen LogP contribution in [0.4, 0.5) is 0 Å². The Morgan fingerprint density at radius 1 is 1.24 bits per heavy atom. The van der Waals surface area contributed by atoms with Gasteiger partial charge in [-0.05, 0) is 32.9 Å². The monoisotopic (exact) mass is 376 g/mol. The lowest BCUT2D eigenvalue weighted by molar-refractivity contribution is 0.807. The molecule has 3 heterocycles. The summed E-state index contributed by atoms with van der Waals surface area (Å²) in [7, 11) is 0. The molecule has 0 atom stereocenters. The van der Waals surface area contributed by atoms with Crippen molar-refractivity contribution >= 4 is 34.5 Å². The van der Waals surface area contributed by atoms with E-state index in [1.54, 1.807) is 11.3 Å². The first-order valence-electron chi connectivity index (χ1n) is 8.13. The summed E-state index contributed by atoms with van der Waals surface area (Å²) in [5.74, 6) is 0.753. The van der Waals surface area contributed by atoms with E-state index in [1.165, 1.54) is 4.88 Å². The van der Waals surface area contributed by atoms with Crippen LogP contribution in [-0.4, -0.2) is 26.9 Å². The van der Waals surface area contributed by atoms with Crippen LogP contribution in [0.25, 0.3) is 5.65 Å². The van der Waals surface area contributed by atoms with Crippen molar-refractivity contribution in [3.63, 3.8) is 0 Å². The van der Waals surface area contributed by atoms with Crippen LogP contribution in [0.2, 0.25) is 5.02 Å². The van der Waals surface area contributed by atoms with Gasteiger partial charge in [-0.3, -0.25) is 0 Å². The average Bonchev–Trinajstić information content (AvgIpc) is 3.12. The minimum Gasteiger partial charge on any atom is -0.357 e. The Morgan fingerprint density at radius 3 is 2.80 bits per heavy atom. The van der Waals surface area contributed by atoms with Gasteiger partial charge in [-0.25, -0.2) is 15.0 Å². The standard InChI is InChI=1S/C17H21ClN6S/c1-4-19-17(21-8-16-22-11(2)12(3)25-16)20-7-14-10-24-9-13(18)5-6-15(24)23-14/h5-6,9-10H,4,7-8H2,1-3H3,(H2,19,20,21). The average molecular weight is 377 g/mol. The summed E-state index contributed by atoms with van der Waals surface area (Å²) >= 11 is 7.72. The van der Waals surface area contributed by atoms with Crippen molar-refractivity contribution in [1.82, 2.24) is 25.0 Å². The first-order chi connectivity index (χ1) is 12.0. The molecule has 0 aliphatic rings. The van der Waals surface area contributed by atoms with Crippen molar-refractivity contribution in [2.24, 2.45) is 4.99 Å². The summed E-state index contributed by atoms with van der Waals surface area (Å²) in [4.78, 5) is 15.0. The highest BCUT2D eigenvalue weighted by molar-refractivity contribution is 7.11. The van der Waals surface area contributed by atoms with Gasteiger partial charge in [0.25, 0.3) is 0 Å². The SMILES string of the molecule is CCNC(=NCc1cn2cc(Cl)ccc2n1)NCc1nc(C)c(C)s1. The molecule has 0 unspecified atom stereocenters. The minimum absolute atomic E-state index is 0.491. The van der Waals surface area contributed by atoms with Gasteiger partial charge in [-0.1, -0.05) is 11.6 Å². The van der Waals surface area contributed by atoms with Gasteiger partial charge in [0.1, 0.15) is 10.7 Å². The third-order valence-corrected chi connectivity index (χ3v) is 4.98. The lowest BCUT2D eigenvalue weighted by Gasteiger charge is -2.09. The van der Waals surface area contributed by atoms with E-state index >= 15 is 0 Å². The number of hydrogen-bond acceptors (Lipinski definition) is 4. The Hall–Kier alpha value is -2.12. The number of hydrogen-bond donors (Lipinski definition) is 2. The topological polar surface area (TPSA) is 66.6 Å². The summed E-state index contributed by atoms with van der Waals surface area (Å²) in [5.41, 5.74) is 2.84. The highest BCUT2D eigenvalue weighted by Gasteiger charge is 2.06. The normalized spacial score (nSPS) is 11.9. The van der Waals surface area contributed by atoms with Gasteiger partial charge in [0.05, 0.1) is 29.5 Å². The smallest absolute Gasteiger partial charge is 0.191 e. The second-order valence-corrected chi connectivity index (χ2v) is 7.37. The first-order valence-corrected chi connectivity index (χ1v) is 9.33. The van der Waals surface area contributed by atoms with Gasteiger partial charge in [0.2, 0.25) is 0 Å². The van der Waals surface area contributed by atoms with E-state index in [2.05, 4.69) is 32.5 Å². The maximum absolute atomic E-state index is 6.01. The van der Waals surface area contributed by atoms with Crippen LogP contribution in [0.15, 0.2) is 29.5 Å². The number of aromatic nitrogens is 3. The van der Waals surface area contributed by atoms with Crippen molar-refractivity contribution < 1.29 is 0 Å². The summed E-state index contributed by atoms with van der Waals surface area (Å²) < 4.78 is 1.91. The zero-order valence-corrected chi connectivity index (χ0v) is 16.1. The van der Waals surface area contributed by atoms with Crippen molar-refractivity contribution in [3.8, 4) is 0 Å². The van der Waals surface area contributed by atoms with Crippen LogP contribution in [0.5, 0.6) is 0 Å². The molecule has 8 heteroatoms. The molecule has 0 fully saturated rings. The lowest BCUT2D eigenvalue weighted by atomic mass is 10.4. The molecule has 0 aliphatic heterocycles. The van der Waals surface area contributed by atoms with E-state index in [0.29, 0.717) is 18.1 Å². The van der Waals surface area contributed by atoms with Crippen LogP contribution in [0, 0.1) is 13.8 Å². The molecule has 3 rings (SSSR count). The van der Waals surface area contributed by atoms with E-state index in [4.69, 9.17) is 11.6 Å². The van der Waals surface area contributed by atoms with Gasteiger partial charge >= 0.3 is 0 Å². The molecule has 0 amide bonds. The van der Waals surface area contributed by atoms with Gasteiger partial charge in [0, 0.05) is 23.8 Å². The Bertz CT molecular complexity index is 878. The third-order valence-electron chi connectivity index (χ3n) is 3.69. The van der Waals surface area contributed by atoms with E-state index in [9.17, 15) is 0 Å². The largest absolute Gasteiger partial charge is 0.357 e. The molecule has 0 aliphatic carbocycles. The van der Waals surface area contributed by atoms with Crippen LogP contribution in [0.1, 0.15) is 28.2 Å². The molecule has 2 N–H and O–H groups in total. The molecule has 0 bridgehead atoms. The second-order valence-electron chi connectivity index (χ2n) is 5.64. The fraction of sp³-hybridized carbons (Fsp3) is 0.353. The summed E-state index contributed by atoms with van der Waals surface area (Å²) in [6, 6.07) is 3.73. The number of thiazole rings is 1. The van der Waals surface area contributed by atoms with Crippen LogP contribution < -0.4 is 10.6 Å². The number of nitrogens with one attached hydrogen (secondary N) is 2. The van der Waals surface area contributed by atoms with Gasteiger partial charge in [-0.15, -0.1) is 11.3 Å². The molecular weight excluding hydrogens is 356 g/mol. The summed E-state index contributed by atoms with van der Waals surface area (Å²) in [6.07, 6.45) is 3.79. The Labute approximate surface area is 156 Å². The van der Waals surface area contributed by atoms with E-state index in [1.807, 2.05) is 42.8 Å². The van der Waals surface area contributed by atoms with E-state index in [-0.39, 0.29) is 0 Å². The molecule has 0 saturated heterocycles. The number of rotatable bonds is 5. The Kier molecular flexibility index (Phi) is 5.55. The fourth-order valence-electron chi connectivity index (χ4n) is 2.37. The predicted molar refractivity (Wildman–Crippen MR) is 103 cm³/mol. The predicted octanol–water partition coefficient (Wildman–Crippen LogP) is 3.32. The first kappa shape index (κ1) is 17.7. The van der Waals surface area contributed by atoms with Crippen molar-refractivity contribution in [1.29, 1.82) is 0 Å². The number of imidazole rings is 1. The van der Waals surface area contributed by atoms with Crippen molar-refractivity contribution in [3.05, 3.63) is 50.8 Å². The molecule has 25 heavy (non-hydrogen) atoms. The van der Waals surface area contributed by atoms with Crippen LogP contribution in [-0.2, 0) is 13.1 Å². The number of fused-ring (bicyclic) bond motifs is 1. The van der Waals surface area contributed by atoms with Gasteiger partial charge in [0.15, 0.2) is 5.96 Å². The maximum Gasteiger partial charge on any atom is 0.191 e. The van der Waals surface area contributed by atoms with Crippen LogP contribution in [0.3, 0.4) is 0 Å². The third kappa shape index (κ3) is 4.49. The number of halogens is 1. The molecule has 3 aromatic heterocycles. The fourth-order valence-corrected chi connectivity index (χ4v) is 3.41. The Morgan fingerprint density at radius 2 is 2.08 bits per heavy atom. The minimum atomic E-state index is 0.491. The number of pyridine rings is 1. The summed E-state index contributed by atoms with van der Waals surface area (Å²) in [5, 5.41) is 8.31.